The van der Waals surface area contributed by atoms with Crippen molar-refractivity contribution >= 4 is 11.6 Å². The maximum Gasteiger partial charge on any atom is 0.0519 e. The molecular weight excluding hydrogens is 268 g/mol. The minimum absolute atomic E-state index is 0.163. The Kier molecular flexibility index (Phi) is 5.48. The van der Waals surface area contributed by atoms with E-state index in [4.69, 9.17) is 11.6 Å². The van der Waals surface area contributed by atoms with E-state index in [1.54, 1.807) is 0 Å². The molecule has 0 aromatic heterocycles. The van der Waals surface area contributed by atoms with E-state index >= 15 is 0 Å². The quantitative estimate of drug-likeness (QED) is 0.843. The molecule has 1 aromatic carbocycles. The monoisotopic (exact) mass is 294 g/mol. The van der Waals surface area contributed by atoms with Crippen LogP contribution in [0, 0.1) is 0 Å². The summed E-state index contributed by atoms with van der Waals surface area (Å²) in [6, 6.07) is 8.55. The van der Waals surface area contributed by atoms with Gasteiger partial charge in [-0.25, -0.2) is 0 Å². The number of nitrogens with zero attached hydrogens (tertiary/aromatic N) is 1. The molecule has 1 saturated heterocycles. The van der Waals surface area contributed by atoms with Gasteiger partial charge in [-0.3, -0.25) is 4.90 Å². The summed E-state index contributed by atoms with van der Waals surface area (Å²) in [7, 11) is 2.06. The molecule has 1 unspecified atom stereocenters. The van der Waals surface area contributed by atoms with E-state index in [2.05, 4.69) is 43.2 Å². The van der Waals surface area contributed by atoms with Crippen LogP contribution >= 0.6 is 11.6 Å². The summed E-state index contributed by atoms with van der Waals surface area (Å²) in [5.41, 5.74) is 1.39. The Bertz CT molecular complexity index is 423. The summed E-state index contributed by atoms with van der Waals surface area (Å²) in [6.07, 6.45) is 4.92. The molecule has 1 heterocycles. The fourth-order valence-corrected chi connectivity index (χ4v) is 4.12. The summed E-state index contributed by atoms with van der Waals surface area (Å²) in [4.78, 5) is 2.68. The highest BCUT2D eigenvalue weighted by Gasteiger charge is 2.42. The molecule has 2 rings (SSSR count). The van der Waals surface area contributed by atoms with Crippen LogP contribution in [0.4, 0.5) is 0 Å². The van der Waals surface area contributed by atoms with Gasteiger partial charge in [0.1, 0.15) is 0 Å². The van der Waals surface area contributed by atoms with Gasteiger partial charge in [0.2, 0.25) is 0 Å². The van der Waals surface area contributed by atoms with Crippen LogP contribution in [0.1, 0.15) is 51.1 Å². The molecule has 1 aliphatic heterocycles. The van der Waals surface area contributed by atoms with Gasteiger partial charge < -0.3 is 5.32 Å². The highest BCUT2D eigenvalue weighted by molar-refractivity contribution is 6.31. The summed E-state index contributed by atoms with van der Waals surface area (Å²) in [5.74, 6) is 0. The van der Waals surface area contributed by atoms with E-state index in [0.717, 1.165) is 17.9 Å². The lowest BCUT2D eigenvalue weighted by Crippen LogP contribution is -2.54. The molecule has 1 atom stereocenters. The van der Waals surface area contributed by atoms with Gasteiger partial charge in [-0.2, -0.15) is 0 Å². The second kappa shape index (κ2) is 6.93. The molecule has 0 aliphatic carbocycles. The molecule has 0 amide bonds. The molecule has 1 aliphatic rings. The van der Waals surface area contributed by atoms with Crippen molar-refractivity contribution in [2.24, 2.45) is 0 Å². The lowest BCUT2D eigenvalue weighted by molar-refractivity contribution is 0.0647. The molecule has 0 saturated carbocycles. The van der Waals surface area contributed by atoms with E-state index in [1.807, 2.05) is 12.1 Å². The second-order valence-corrected chi connectivity index (χ2v) is 6.16. The van der Waals surface area contributed by atoms with Crippen LogP contribution in [0.2, 0.25) is 5.02 Å². The molecule has 112 valence electrons. The molecule has 0 spiro atoms. The number of nitrogens with one attached hydrogen (secondary N) is 1. The second-order valence-electron chi connectivity index (χ2n) is 5.75. The third kappa shape index (κ3) is 2.74. The first kappa shape index (κ1) is 15.8. The topological polar surface area (TPSA) is 15.3 Å². The first-order chi connectivity index (χ1) is 9.69. The van der Waals surface area contributed by atoms with Crippen LogP contribution in [-0.2, 0) is 0 Å². The predicted octanol–water partition coefficient (Wildman–Crippen LogP) is 4.26. The van der Waals surface area contributed by atoms with E-state index in [1.165, 1.54) is 31.5 Å². The van der Waals surface area contributed by atoms with Crippen molar-refractivity contribution in [2.45, 2.75) is 51.1 Å². The minimum Gasteiger partial charge on any atom is -0.311 e. The van der Waals surface area contributed by atoms with Gasteiger partial charge in [0.15, 0.2) is 0 Å². The lowest BCUT2D eigenvalue weighted by Gasteiger charge is -2.47. The largest absolute Gasteiger partial charge is 0.311 e. The van der Waals surface area contributed by atoms with Crippen LogP contribution in [-0.4, -0.2) is 30.6 Å². The van der Waals surface area contributed by atoms with Gasteiger partial charge in [-0.05, 0) is 57.5 Å². The Balaban J connectivity index is 2.42. The van der Waals surface area contributed by atoms with Gasteiger partial charge in [0.05, 0.1) is 6.04 Å². The smallest absolute Gasteiger partial charge is 0.0519 e. The van der Waals surface area contributed by atoms with Crippen molar-refractivity contribution in [3.05, 3.63) is 34.9 Å². The SMILES string of the molecule is CCC(CC)(C(NC)c1ccccc1Cl)N1CCCC1. The maximum atomic E-state index is 6.47. The van der Waals surface area contributed by atoms with Gasteiger partial charge >= 0.3 is 0 Å². The lowest BCUT2D eigenvalue weighted by atomic mass is 9.79. The molecule has 1 N–H and O–H groups in total. The van der Waals surface area contributed by atoms with E-state index < -0.39 is 0 Å². The van der Waals surface area contributed by atoms with E-state index in [9.17, 15) is 0 Å². The molecule has 20 heavy (non-hydrogen) atoms. The molecule has 1 aromatic rings. The standard InChI is InChI=1S/C17H27ClN2/c1-4-17(5-2,20-12-8-9-13-20)16(19-3)14-10-6-7-11-15(14)18/h6-7,10-11,16,19H,4-5,8-9,12-13H2,1-3H3. The van der Waals surface area contributed by atoms with Crippen molar-refractivity contribution < 1.29 is 0 Å². The zero-order chi connectivity index (χ0) is 14.6. The fourth-order valence-electron chi connectivity index (χ4n) is 3.87. The Morgan fingerprint density at radius 2 is 1.80 bits per heavy atom. The number of halogens is 1. The predicted molar refractivity (Wildman–Crippen MR) is 87.4 cm³/mol. The van der Waals surface area contributed by atoms with Crippen LogP contribution < -0.4 is 5.32 Å². The summed E-state index contributed by atoms with van der Waals surface area (Å²) in [5, 5.41) is 4.43. The molecule has 0 radical (unpaired) electrons. The number of hydrogen-bond donors (Lipinski definition) is 1. The first-order valence-electron chi connectivity index (χ1n) is 7.86. The zero-order valence-electron chi connectivity index (χ0n) is 13.0. The van der Waals surface area contributed by atoms with Crippen LogP contribution in [0.25, 0.3) is 0 Å². The van der Waals surface area contributed by atoms with Crippen LogP contribution in [0.3, 0.4) is 0 Å². The van der Waals surface area contributed by atoms with Crippen molar-refractivity contribution in [2.75, 3.05) is 20.1 Å². The van der Waals surface area contributed by atoms with Crippen molar-refractivity contribution in [1.29, 1.82) is 0 Å². The number of likely N-dealkylation sites (tertiary alicyclic amines) is 1. The third-order valence-corrected chi connectivity index (χ3v) is 5.35. The Morgan fingerprint density at radius 3 is 2.30 bits per heavy atom. The number of hydrogen-bond acceptors (Lipinski definition) is 2. The third-order valence-electron chi connectivity index (χ3n) is 5.00. The Hall–Kier alpha value is -0.570. The fraction of sp³-hybridized carbons (Fsp3) is 0.647. The van der Waals surface area contributed by atoms with Crippen molar-refractivity contribution in [3.8, 4) is 0 Å². The zero-order valence-corrected chi connectivity index (χ0v) is 13.7. The highest BCUT2D eigenvalue weighted by Crippen LogP contribution is 2.41. The highest BCUT2D eigenvalue weighted by atomic mass is 35.5. The summed E-state index contributed by atoms with van der Waals surface area (Å²) < 4.78 is 0. The minimum atomic E-state index is 0.163. The maximum absolute atomic E-state index is 6.47. The van der Waals surface area contributed by atoms with Gasteiger partial charge in [-0.1, -0.05) is 43.6 Å². The van der Waals surface area contributed by atoms with Crippen molar-refractivity contribution in [1.82, 2.24) is 10.2 Å². The Labute approximate surface area is 128 Å². The molecule has 2 nitrogen and oxygen atoms in total. The number of rotatable bonds is 6. The van der Waals surface area contributed by atoms with Crippen LogP contribution in [0.15, 0.2) is 24.3 Å². The average Bonchev–Trinajstić information content (AvgIpc) is 3.01. The van der Waals surface area contributed by atoms with Crippen molar-refractivity contribution in [3.63, 3.8) is 0 Å². The van der Waals surface area contributed by atoms with Gasteiger partial charge in [0.25, 0.3) is 0 Å². The Morgan fingerprint density at radius 1 is 1.20 bits per heavy atom. The molecule has 3 heteroatoms. The molecule has 0 bridgehead atoms. The first-order valence-corrected chi connectivity index (χ1v) is 8.24. The summed E-state index contributed by atoms with van der Waals surface area (Å²) >= 11 is 6.47. The van der Waals surface area contributed by atoms with E-state index in [0.29, 0.717) is 0 Å². The normalized spacial score (nSPS) is 18.4. The number of likely N-dealkylation sites (N-methyl/N-ethyl adjacent to an activating group) is 1. The van der Waals surface area contributed by atoms with E-state index in [-0.39, 0.29) is 11.6 Å². The van der Waals surface area contributed by atoms with Crippen LogP contribution in [0.5, 0.6) is 0 Å². The van der Waals surface area contributed by atoms with Gasteiger partial charge in [0, 0.05) is 10.6 Å². The summed E-state index contributed by atoms with van der Waals surface area (Å²) in [6.45, 7) is 7.04. The molecular formula is C17H27ClN2. The van der Waals surface area contributed by atoms with Gasteiger partial charge in [-0.15, -0.1) is 0 Å². The number of benzene rings is 1. The average molecular weight is 295 g/mol. The molecule has 1 fully saturated rings.